The van der Waals surface area contributed by atoms with Crippen LogP contribution in [-0.4, -0.2) is 27.9 Å². The molecule has 0 saturated carbocycles. The molecule has 94 valence electrons. The highest BCUT2D eigenvalue weighted by Crippen LogP contribution is 2.29. The van der Waals surface area contributed by atoms with Crippen molar-refractivity contribution in [1.29, 1.82) is 0 Å². The molecule has 1 aromatic rings. The molecular weight excluding hydrogens is 238 g/mol. The van der Waals surface area contributed by atoms with E-state index >= 15 is 0 Å². The summed E-state index contributed by atoms with van der Waals surface area (Å²) in [5.74, 6) is 0.282. The Labute approximate surface area is 102 Å². The molecular formula is C12H17NO3S. The molecule has 1 heterocycles. The van der Waals surface area contributed by atoms with E-state index in [9.17, 15) is 8.42 Å². The Hall–Kier alpha value is -1.07. The highest BCUT2D eigenvalue weighted by molar-refractivity contribution is 7.90. The summed E-state index contributed by atoms with van der Waals surface area (Å²) in [5.41, 5.74) is 7.01. The first-order chi connectivity index (χ1) is 7.98. The Morgan fingerprint density at radius 3 is 2.76 bits per heavy atom. The van der Waals surface area contributed by atoms with Crippen LogP contribution in [0, 0.1) is 0 Å². The zero-order valence-corrected chi connectivity index (χ0v) is 10.7. The van der Waals surface area contributed by atoms with Gasteiger partial charge in [-0.25, -0.2) is 8.42 Å². The van der Waals surface area contributed by atoms with Gasteiger partial charge in [0.25, 0.3) is 0 Å². The molecule has 1 aromatic carbocycles. The molecule has 0 bridgehead atoms. The molecule has 1 atom stereocenters. The van der Waals surface area contributed by atoms with E-state index in [-0.39, 0.29) is 10.8 Å². The van der Waals surface area contributed by atoms with Crippen molar-refractivity contribution in [2.45, 2.75) is 23.7 Å². The first-order valence-corrected chi connectivity index (χ1v) is 7.55. The summed E-state index contributed by atoms with van der Waals surface area (Å²) in [5, 5.41) is 0. The van der Waals surface area contributed by atoms with Crippen molar-refractivity contribution >= 4 is 15.5 Å². The third kappa shape index (κ3) is 2.79. The van der Waals surface area contributed by atoms with Crippen LogP contribution in [-0.2, 0) is 14.6 Å². The quantitative estimate of drug-likeness (QED) is 0.814. The maximum Gasteiger partial charge on any atom is 0.177 e. The number of nitrogens with two attached hydrogens (primary N) is 1. The maximum atomic E-state index is 11.6. The predicted octanol–water partition coefficient (Wildman–Crippen LogP) is 1.57. The van der Waals surface area contributed by atoms with Gasteiger partial charge in [0.05, 0.1) is 17.2 Å². The SMILES string of the molecule is CS(=O)(=O)c1cc([C@@H]2CCCOC2)ccc1N. The standard InChI is InChI=1S/C12H17NO3S/c1-17(14,15)12-7-9(4-5-11(12)13)10-3-2-6-16-8-10/h4-5,7,10H,2-3,6,8,13H2,1H3/t10-/m1/s1. The van der Waals surface area contributed by atoms with Gasteiger partial charge in [-0.15, -0.1) is 0 Å². The van der Waals surface area contributed by atoms with Crippen molar-refractivity contribution in [2.75, 3.05) is 25.2 Å². The molecule has 0 amide bonds. The second-order valence-electron chi connectivity index (χ2n) is 4.48. The number of hydrogen-bond acceptors (Lipinski definition) is 4. The third-order valence-electron chi connectivity index (χ3n) is 3.07. The highest BCUT2D eigenvalue weighted by Gasteiger charge is 2.19. The summed E-state index contributed by atoms with van der Waals surface area (Å²) < 4.78 is 28.6. The van der Waals surface area contributed by atoms with Crippen LogP contribution in [0.1, 0.15) is 24.3 Å². The lowest BCUT2D eigenvalue weighted by molar-refractivity contribution is 0.0804. The molecule has 17 heavy (non-hydrogen) atoms. The largest absolute Gasteiger partial charge is 0.398 e. The van der Waals surface area contributed by atoms with Gasteiger partial charge in [-0.3, -0.25) is 0 Å². The minimum absolute atomic E-state index is 0.223. The monoisotopic (exact) mass is 255 g/mol. The van der Waals surface area contributed by atoms with Crippen LogP contribution in [0.5, 0.6) is 0 Å². The van der Waals surface area contributed by atoms with E-state index in [1.165, 1.54) is 6.26 Å². The van der Waals surface area contributed by atoms with E-state index in [0.29, 0.717) is 12.3 Å². The highest BCUT2D eigenvalue weighted by atomic mass is 32.2. The first kappa shape index (κ1) is 12.4. The second kappa shape index (κ2) is 4.66. The second-order valence-corrected chi connectivity index (χ2v) is 6.47. The topological polar surface area (TPSA) is 69.4 Å². The van der Waals surface area contributed by atoms with Gasteiger partial charge in [0, 0.05) is 18.8 Å². The minimum atomic E-state index is -3.26. The zero-order valence-electron chi connectivity index (χ0n) is 9.85. The molecule has 4 nitrogen and oxygen atoms in total. The summed E-state index contributed by atoms with van der Waals surface area (Å²) in [6, 6.07) is 5.24. The Morgan fingerprint density at radius 1 is 1.41 bits per heavy atom. The number of benzene rings is 1. The smallest absolute Gasteiger partial charge is 0.177 e. The minimum Gasteiger partial charge on any atom is -0.398 e. The van der Waals surface area contributed by atoms with Crippen LogP contribution in [0.3, 0.4) is 0 Å². The van der Waals surface area contributed by atoms with E-state index < -0.39 is 9.84 Å². The summed E-state index contributed by atoms with van der Waals surface area (Å²) in [6.45, 7) is 1.46. The van der Waals surface area contributed by atoms with E-state index in [2.05, 4.69) is 0 Å². The fraction of sp³-hybridized carbons (Fsp3) is 0.500. The van der Waals surface area contributed by atoms with Crippen molar-refractivity contribution in [3.8, 4) is 0 Å². The molecule has 1 fully saturated rings. The van der Waals surface area contributed by atoms with Crippen molar-refractivity contribution < 1.29 is 13.2 Å². The van der Waals surface area contributed by atoms with Gasteiger partial charge < -0.3 is 10.5 Å². The maximum absolute atomic E-state index is 11.6. The summed E-state index contributed by atoms with van der Waals surface area (Å²) in [7, 11) is -3.26. The predicted molar refractivity (Wildman–Crippen MR) is 66.8 cm³/mol. The van der Waals surface area contributed by atoms with Gasteiger partial charge in [-0.2, -0.15) is 0 Å². The van der Waals surface area contributed by atoms with E-state index in [1.807, 2.05) is 6.07 Å². The van der Waals surface area contributed by atoms with E-state index in [4.69, 9.17) is 10.5 Å². The molecule has 0 unspecified atom stereocenters. The first-order valence-electron chi connectivity index (χ1n) is 5.65. The molecule has 1 aliphatic rings. The van der Waals surface area contributed by atoms with Crippen LogP contribution >= 0.6 is 0 Å². The molecule has 2 rings (SSSR count). The third-order valence-corrected chi connectivity index (χ3v) is 4.22. The molecule has 0 aliphatic carbocycles. The summed E-state index contributed by atoms with van der Waals surface area (Å²) in [4.78, 5) is 0.223. The van der Waals surface area contributed by atoms with Crippen molar-refractivity contribution in [3.05, 3.63) is 23.8 Å². The Morgan fingerprint density at radius 2 is 2.18 bits per heavy atom. The number of nitrogen functional groups attached to an aromatic ring is 1. The van der Waals surface area contributed by atoms with Crippen LogP contribution in [0.2, 0.25) is 0 Å². The number of sulfone groups is 1. The number of rotatable bonds is 2. The Kier molecular flexibility index (Phi) is 3.40. The zero-order chi connectivity index (χ0) is 12.5. The Bertz CT molecular complexity index is 504. The van der Waals surface area contributed by atoms with Gasteiger partial charge in [0.15, 0.2) is 9.84 Å². The molecule has 0 spiro atoms. The van der Waals surface area contributed by atoms with Crippen LogP contribution in [0.4, 0.5) is 5.69 Å². The fourth-order valence-corrected chi connectivity index (χ4v) is 2.98. The van der Waals surface area contributed by atoms with Gasteiger partial charge in [-0.1, -0.05) is 6.07 Å². The van der Waals surface area contributed by atoms with Crippen molar-refractivity contribution in [3.63, 3.8) is 0 Å². The fourth-order valence-electron chi connectivity index (χ4n) is 2.13. The number of ether oxygens (including phenoxy) is 1. The van der Waals surface area contributed by atoms with Gasteiger partial charge in [-0.05, 0) is 30.5 Å². The molecule has 0 aromatic heterocycles. The van der Waals surface area contributed by atoms with E-state index in [1.54, 1.807) is 12.1 Å². The molecule has 2 N–H and O–H groups in total. The van der Waals surface area contributed by atoms with Gasteiger partial charge in [0.1, 0.15) is 0 Å². The van der Waals surface area contributed by atoms with Crippen molar-refractivity contribution in [2.24, 2.45) is 0 Å². The molecule has 5 heteroatoms. The van der Waals surface area contributed by atoms with Crippen LogP contribution < -0.4 is 5.73 Å². The summed E-state index contributed by atoms with van der Waals surface area (Å²) in [6.07, 6.45) is 3.23. The lowest BCUT2D eigenvalue weighted by Crippen LogP contribution is -2.16. The molecule has 1 aliphatic heterocycles. The van der Waals surface area contributed by atoms with Crippen molar-refractivity contribution in [1.82, 2.24) is 0 Å². The average Bonchev–Trinajstić information content (AvgIpc) is 2.29. The Balaban J connectivity index is 2.37. The lowest BCUT2D eigenvalue weighted by atomic mass is 9.93. The van der Waals surface area contributed by atoms with Gasteiger partial charge in [0.2, 0.25) is 0 Å². The summed E-state index contributed by atoms with van der Waals surface area (Å²) >= 11 is 0. The van der Waals surface area contributed by atoms with Crippen LogP contribution in [0.25, 0.3) is 0 Å². The average molecular weight is 255 g/mol. The number of hydrogen-bond donors (Lipinski definition) is 1. The number of anilines is 1. The molecule has 0 radical (unpaired) electrons. The normalized spacial score (nSPS) is 21.4. The van der Waals surface area contributed by atoms with Gasteiger partial charge >= 0.3 is 0 Å². The molecule has 1 saturated heterocycles. The van der Waals surface area contributed by atoms with E-state index in [0.717, 1.165) is 25.0 Å². The lowest BCUT2D eigenvalue weighted by Gasteiger charge is -2.23. The van der Waals surface area contributed by atoms with Crippen LogP contribution in [0.15, 0.2) is 23.1 Å².